The summed E-state index contributed by atoms with van der Waals surface area (Å²) in [6.45, 7) is 2.30. The Morgan fingerprint density at radius 2 is 2.23 bits per heavy atom. The van der Waals surface area contributed by atoms with Crippen molar-refractivity contribution in [2.75, 3.05) is 7.11 Å². The molecule has 13 heavy (non-hydrogen) atoms. The number of fused-ring (bicyclic) bond motifs is 1. The molecule has 0 unspecified atom stereocenters. The summed E-state index contributed by atoms with van der Waals surface area (Å²) in [6, 6.07) is 6.40. The van der Waals surface area contributed by atoms with Crippen LogP contribution >= 0.6 is 0 Å². The van der Waals surface area contributed by atoms with Crippen molar-refractivity contribution in [3.8, 4) is 5.75 Å². The molecule has 0 saturated heterocycles. The van der Waals surface area contributed by atoms with Gasteiger partial charge in [0.2, 0.25) is 0 Å². The van der Waals surface area contributed by atoms with Crippen molar-refractivity contribution >= 4 is 0 Å². The van der Waals surface area contributed by atoms with Crippen LogP contribution in [0.15, 0.2) is 18.2 Å². The molecule has 1 aliphatic rings. The molecular formula is C12H16O. The maximum Gasteiger partial charge on any atom is 0.122 e. The Morgan fingerprint density at radius 3 is 3.00 bits per heavy atom. The van der Waals surface area contributed by atoms with Crippen molar-refractivity contribution < 1.29 is 4.74 Å². The summed E-state index contributed by atoms with van der Waals surface area (Å²) in [6.07, 6.45) is 3.80. The summed E-state index contributed by atoms with van der Waals surface area (Å²) in [4.78, 5) is 0. The molecule has 0 amide bonds. The first-order valence-corrected chi connectivity index (χ1v) is 4.98. The molecule has 0 bridgehead atoms. The van der Waals surface area contributed by atoms with E-state index in [9.17, 15) is 0 Å². The third kappa shape index (κ3) is 1.43. The van der Waals surface area contributed by atoms with E-state index in [2.05, 4.69) is 25.1 Å². The summed E-state index contributed by atoms with van der Waals surface area (Å²) < 4.78 is 5.36. The zero-order chi connectivity index (χ0) is 9.26. The van der Waals surface area contributed by atoms with E-state index in [1.54, 1.807) is 7.11 Å². The molecule has 1 aromatic rings. The van der Waals surface area contributed by atoms with E-state index in [1.165, 1.54) is 30.4 Å². The number of hydrogen-bond acceptors (Lipinski definition) is 1. The molecule has 0 aliphatic heterocycles. The molecule has 0 N–H and O–H groups in total. The molecule has 0 fully saturated rings. The maximum atomic E-state index is 5.36. The minimum absolute atomic E-state index is 0.707. The van der Waals surface area contributed by atoms with E-state index in [4.69, 9.17) is 4.74 Å². The van der Waals surface area contributed by atoms with Crippen LogP contribution in [0.25, 0.3) is 0 Å². The van der Waals surface area contributed by atoms with Crippen LogP contribution in [-0.2, 0) is 6.42 Å². The van der Waals surface area contributed by atoms with E-state index in [0.29, 0.717) is 5.92 Å². The highest BCUT2D eigenvalue weighted by Crippen LogP contribution is 2.35. The van der Waals surface area contributed by atoms with E-state index in [0.717, 1.165) is 5.75 Å². The van der Waals surface area contributed by atoms with Crippen molar-refractivity contribution in [3.63, 3.8) is 0 Å². The molecule has 0 heterocycles. The first-order valence-electron chi connectivity index (χ1n) is 4.98. The number of methoxy groups -OCH3 is 1. The Hall–Kier alpha value is -0.980. The Bertz CT molecular complexity index is 304. The molecule has 0 aromatic heterocycles. The van der Waals surface area contributed by atoms with Gasteiger partial charge in [-0.15, -0.1) is 0 Å². The molecular weight excluding hydrogens is 160 g/mol. The SMILES string of the molecule is COc1cccc2c1CCC[C@H]2C. The highest BCUT2D eigenvalue weighted by Gasteiger charge is 2.18. The molecule has 0 saturated carbocycles. The molecule has 2 rings (SSSR count). The fourth-order valence-electron chi connectivity index (χ4n) is 2.24. The lowest BCUT2D eigenvalue weighted by Crippen LogP contribution is -2.08. The van der Waals surface area contributed by atoms with Crippen molar-refractivity contribution in [2.45, 2.75) is 32.1 Å². The number of hydrogen-bond donors (Lipinski definition) is 0. The molecule has 1 aliphatic carbocycles. The van der Waals surface area contributed by atoms with E-state index in [-0.39, 0.29) is 0 Å². The molecule has 1 aromatic carbocycles. The van der Waals surface area contributed by atoms with Crippen molar-refractivity contribution in [2.24, 2.45) is 0 Å². The van der Waals surface area contributed by atoms with Crippen LogP contribution in [0, 0.1) is 0 Å². The Kier molecular flexibility index (Phi) is 2.26. The molecule has 0 radical (unpaired) electrons. The first kappa shape index (κ1) is 8.61. The van der Waals surface area contributed by atoms with E-state index in [1.807, 2.05) is 0 Å². The third-order valence-corrected chi connectivity index (χ3v) is 2.98. The van der Waals surface area contributed by atoms with Gasteiger partial charge in [0.05, 0.1) is 7.11 Å². The van der Waals surface area contributed by atoms with Gasteiger partial charge in [-0.05, 0) is 42.4 Å². The summed E-state index contributed by atoms with van der Waals surface area (Å²) >= 11 is 0. The van der Waals surface area contributed by atoms with Crippen molar-refractivity contribution in [3.05, 3.63) is 29.3 Å². The number of ether oxygens (including phenoxy) is 1. The summed E-state index contributed by atoms with van der Waals surface area (Å²) in [5.41, 5.74) is 2.93. The largest absolute Gasteiger partial charge is 0.496 e. The average molecular weight is 176 g/mol. The van der Waals surface area contributed by atoms with Gasteiger partial charge in [-0.25, -0.2) is 0 Å². The van der Waals surface area contributed by atoms with Crippen molar-refractivity contribution in [1.82, 2.24) is 0 Å². The quantitative estimate of drug-likeness (QED) is 0.638. The van der Waals surface area contributed by atoms with E-state index < -0.39 is 0 Å². The topological polar surface area (TPSA) is 9.23 Å². The van der Waals surface area contributed by atoms with E-state index >= 15 is 0 Å². The number of rotatable bonds is 1. The van der Waals surface area contributed by atoms with Crippen molar-refractivity contribution in [1.29, 1.82) is 0 Å². The molecule has 0 spiro atoms. The standard InChI is InChI=1S/C12H16O/c1-9-5-3-7-11-10(9)6-4-8-12(11)13-2/h4,6,8-9H,3,5,7H2,1-2H3/t9-/m1/s1. The monoisotopic (exact) mass is 176 g/mol. The second-order valence-corrected chi connectivity index (χ2v) is 3.82. The normalized spacial score (nSPS) is 20.9. The highest BCUT2D eigenvalue weighted by atomic mass is 16.5. The van der Waals surface area contributed by atoms with Crippen LogP contribution in [0.5, 0.6) is 5.75 Å². The fourth-order valence-corrected chi connectivity index (χ4v) is 2.24. The summed E-state index contributed by atoms with van der Waals surface area (Å²) in [7, 11) is 1.76. The fraction of sp³-hybridized carbons (Fsp3) is 0.500. The Labute approximate surface area is 79.7 Å². The molecule has 1 heteroatoms. The predicted molar refractivity (Wildman–Crippen MR) is 54.3 cm³/mol. The van der Waals surface area contributed by atoms with Gasteiger partial charge in [0.15, 0.2) is 0 Å². The average Bonchev–Trinajstić information content (AvgIpc) is 2.18. The third-order valence-electron chi connectivity index (χ3n) is 2.98. The Balaban J connectivity index is 2.48. The lowest BCUT2D eigenvalue weighted by atomic mass is 9.83. The summed E-state index contributed by atoms with van der Waals surface area (Å²) in [5, 5.41) is 0. The van der Waals surface area contributed by atoms with Crippen LogP contribution in [0.2, 0.25) is 0 Å². The van der Waals surface area contributed by atoms with Crippen LogP contribution in [0.1, 0.15) is 36.8 Å². The number of benzene rings is 1. The Morgan fingerprint density at radius 1 is 1.38 bits per heavy atom. The smallest absolute Gasteiger partial charge is 0.122 e. The van der Waals surface area contributed by atoms with Gasteiger partial charge in [0, 0.05) is 0 Å². The van der Waals surface area contributed by atoms with Crippen LogP contribution in [-0.4, -0.2) is 7.11 Å². The highest BCUT2D eigenvalue weighted by molar-refractivity contribution is 5.43. The van der Waals surface area contributed by atoms with Gasteiger partial charge in [0.1, 0.15) is 5.75 Å². The minimum atomic E-state index is 0.707. The van der Waals surface area contributed by atoms with Gasteiger partial charge in [-0.2, -0.15) is 0 Å². The van der Waals surface area contributed by atoms with Crippen LogP contribution < -0.4 is 4.74 Å². The molecule has 70 valence electrons. The van der Waals surface area contributed by atoms with Gasteiger partial charge in [-0.1, -0.05) is 19.1 Å². The zero-order valence-corrected chi connectivity index (χ0v) is 8.34. The maximum absolute atomic E-state index is 5.36. The summed E-state index contributed by atoms with van der Waals surface area (Å²) in [5.74, 6) is 1.78. The minimum Gasteiger partial charge on any atom is -0.496 e. The van der Waals surface area contributed by atoms with Gasteiger partial charge in [0.25, 0.3) is 0 Å². The lowest BCUT2D eigenvalue weighted by molar-refractivity contribution is 0.404. The second kappa shape index (κ2) is 3.41. The van der Waals surface area contributed by atoms with Gasteiger partial charge in [-0.3, -0.25) is 0 Å². The molecule has 1 nitrogen and oxygen atoms in total. The predicted octanol–water partition coefficient (Wildman–Crippen LogP) is 3.14. The molecule has 1 atom stereocenters. The van der Waals surface area contributed by atoms with Crippen LogP contribution in [0.3, 0.4) is 0 Å². The van der Waals surface area contributed by atoms with Crippen LogP contribution in [0.4, 0.5) is 0 Å². The van der Waals surface area contributed by atoms with Gasteiger partial charge < -0.3 is 4.74 Å². The zero-order valence-electron chi connectivity index (χ0n) is 8.34. The van der Waals surface area contributed by atoms with Gasteiger partial charge >= 0.3 is 0 Å². The second-order valence-electron chi connectivity index (χ2n) is 3.82. The lowest BCUT2D eigenvalue weighted by Gasteiger charge is -2.23. The first-order chi connectivity index (χ1) is 6.33.